The van der Waals surface area contributed by atoms with Crippen molar-refractivity contribution in [1.29, 1.82) is 0 Å². The molecule has 0 bridgehead atoms. The Hall–Kier alpha value is -1.81. The molecule has 0 aliphatic carbocycles. The number of hydrogen-bond acceptors (Lipinski definition) is 3. The third-order valence-electron chi connectivity index (χ3n) is 3.33. The first kappa shape index (κ1) is 14.6. The quantitative estimate of drug-likeness (QED) is 0.842. The second-order valence-corrected chi connectivity index (χ2v) is 5.21. The standard InChI is InChI=1S/C16H23N3O/c1-13(17)3-4-14-5-7-15(8-6-14)20-12-9-16-18-10-11-19(16)2/h5-8,10-11,13H,3-4,9,12,17H2,1-2H3. The molecule has 2 N–H and O–H groups in total. The molecule has 0 aliphatic rings. The van der Waals surface area contributed by atoms with Crippen LogP contribution in [0.2, 0.25) is 0 Å². The van der Waals surface area contributed by atoms with Crippen LogP contribution < -0.4 is 10.5 Å². The van der Waals surface area contributed by atoms with Crippen molar-refractivity contribution in [3.8, 4) is 5.75 Å². The number of nitrogens with two attached hydrogens (primary N) is 1. The predicted molar refractivity (Wildman–Crippen MR) is 80.8 cm³/mol. The summed E-state index contributed by atoms with van der Waals surface area (Å²) in [5.74, 6) is 1.95. The summed E-state index contributed by atoms with van der Waals surface area (Å²) in [5.41, 5.74) is 7.07. The van der Waals surface area contributed by atoms with Crippen LogP contribution in [0.25, 0.3) is 0 Å². The smallest absolute Gasteiger partial charge is 0.119 e. The zero-order chi connectivity index (χ0) is 14.4. The Kier molecular flexibility index (Phi) is 5.18. The summed E-state index contributed by atoms with van der Waals surface area (Å²) < 4.78 is 7.75. The van der Waals surface area contributed by atoms with Gasteiger partial charge in [-0.05, 0) is 37.5 Å². The van der Waals surface area contributed by atoms with E-state index in [4.69, 9.17) is 10.5 Å². The Labute approximate surface area is 120 Å². The first-order valence-electron chi connectivity index (χ1n) is 7.08. The highest BCUT2D eigenvalue weighted by Crippen LogP contribution is 2.14. The summed E-state index contributed by atoms with van der Waals surface area (Å²) in [5, 5.41) is 0. The van der Waals surface area contributed by atoms with Crippen molar-refractivity contribution in [3.63, 3.8) is 0 Å². The molecule has 4 nitrogen and oxygen atoms in total. The number of imidazole rings is 1. The molecule has 0 aliphatic heterocycles. The Bertz CT molecular complexity index is 517. The Morgan fingerprint density at radius 2 is 2.00 bits per heavy atom. The molecule has 1 atom stereocenters. The van der Waals surface area contributed by atoms with Gasteiger partial charge in [-0.3, -0.25) is 0 Å². The number of rotatable bonds is 7. The van der Waals surface area contributed by atoms with Crippen molar-refractivity contribution < 1.29 is 4.74 Å². The van der Waals surface area contributed by atoms with Gasteiger partial charge in [0.2, 0.25) is 0 Å². The Morgan fingerprint density at radius 3 is 2.60 bits per heavy atom. The van der Waals surface area contributed by atoms with Crippen molar-refractivity contribution in [1.82, 2.24) is 9.55 Å². The zero-order valence-corrected chi connectivity index (χ0v) is 12.2. The Morgan fingerprint density at radius 1 is 1.25 bits per heavy atom. The molecule has 0 fully saturated rings. The number of aromatic nitrogens is 2. The summed E-state index contributed by atoms with van der Waals surface area (Å²) in [6.07, 6.45) is 6.60. The summed E-state index contributed by atoms with van der Waals surface area (Å²) in [6, 6.07) is 8.52. The number of ether oxygens (including phenoxy) is 1. The molecule has 1 aromatic carbocycles. The average Bonchev–Trinajstić information content (AvgIpc) is 2.83. The molecule has 1 heterocycles. The first-order chi connectivity index (χ1) is 9.65. The lowest BCUT2D eigenvalue weighted by molar-refractivity contribution is 0.317. The molecular formula is C16H23N3O. The van der Waals surface area contributed by atoms with Gasteiger partial charge < -0.3 is 15.0 Å². The van der Waals surface area contributed by atoms with E-state index in [0.29, 0.717) is 6.61 Å². The van der Waals surface area contributed by atoms with Gasteiger partial charge in [0.15, 0.2) is 0 Å². The Balaban J connectivity index is 1.77. The van der Waals surface area contributed by atoms with Crippen LogP contribution in [0.1, 0.15) is 24.7 Å². The predicted octanol–water partition coefficient (Wildman–Crippen LogP) is 2.32. The monoisotopic (exact) mass is 273 g/mol. The zero-order valence-electron chi connectivity index (χ0n) is 12.2. The molecule has 0 spiro atoms. The summed E-state index contributed by atoms with van der Waals surface area (Å²) in [4.78, 5) is 4.27. The summed E-state index contributed by atoms with van der Waals surface area (Å²) >= 11 is 0. The van der Waals surface area contributed by atoms with Gasteiger partial charge in [-0.2, -0.15) is 0 Å². The summed E-state index contributed by atoms with van der Waals surface area (Å²) in [6.45, 7) is 2.68. The van der Waals surface area contributed by atoms with Gasteiger partial charge in [0.1, 0.15) is 11.6 Å². The second-order valence-electron chi connectivity index (χ2n) is 5.21. The minimum atomic E-state index is 0.253. The van der Waals surface area contributed by atoms with Crippen LogP contribution >= 0.6 is 0 Å². The number of hydrogen-bond donors (Lipinski definition) is 1. The lowest BCUT2D eigenvalue weighted by Crippen LogP contribution is -2.15. The summed E-state index contributed by atoms with van der Waals surface area (Å²) in [7, 11) is 2.00. The van der Waals surface area contributed by atoms with E-state index in [0.717, 1.165) is 30.8 Å². The minimum Gasteiger partial charge on any atom is -0.493 e. The van der Waals surface area contributed by atoms with E-state index in [9.17, 15) is 0 Å². The third-order valence-corrected chi connectivity index (χ3v) is 3.33. The van der Waals surface area contributed by atoms with E-state index in [1.807, 2.05) is 43.1 Å². The van der Waals surface area contributed by atoms with E-state index in [-0.39, 0.29) is 6.04 Å². The maximum atomic E-state index is 5.76. The lowest BCUT2D eigenvalue weighted by atomic mass is 10.1. The van der Waals surface area contributed by atoms with Gasteiger partial charge in [-0.25, -0.2) is 4.98 Å². The molecule has 0 saturated carbocycles. The first-order valence-corrected chi connectivity index (χ1v) is 7.08. The third kappa shape index (κ3) is 4.38. The van der Waals surface area contributed by atoms with Crippen LogP contribution in [0.15, 0.2) is 36.7 Å². The lowest BCUT2D eigenvalue weighted by Gasteiger charge is -2.08. The fourth-order valence-corrected chi connectivity index (χ4v) is 2.04. The molecule has 20 heavy (non-hydrogen) atoms. The van der Waals surface area contributed by atoms with Crippen LogP contribution in [-0.4, -0.2) is 22.2 Å². The van der Waals surface area contributed by atoms with Crippen molar-refractivity contribution in [2.45, 2.75) is 32.2 Å². The van der Waals surface area contributed by atoms with Gasteiger partial charge in [0.05, 0.1) is 6.61 Å². The molecule has 0 amide bonds. The van der Waals surface area contributed by atoms with Crippen molar-refractivity contribution >= 4 is 0 Å². The van der Waals surface area contributed by atoms with E-state index in [1.165, 1.54) is 5.56 Å². The van der Waals surface area contributed by atoms with Gasteiger partial charge in [0, 0.05) is 31.9 Å². The van der Waals surface area contributed by atoms with E-state index < -0.39 is 0 Å². The second kappa shape index (κ2) is 7.10. The maximum absolute atomic E-state index is 5.76. The molecule has 2 aromatic rings. The van der Waals surface area contributed by atoms with Gasteiger partial charge >= 0.3 is 0 Å². The van der Waals surface area contributed by atoms with Crippen molar-refractivity contribution in [2.75, 3.05) is 6.61 Å². The molecule has 108 valence electrons. The fraction of sp³-hybridized carbons (Fsp3) is 0.438. The van der Waals surface area contributed by atoms with Gasteiger partial charge in [-0.15, -0.1) is 0 Å². The van der Waals surface area contributed by atoms with Crippen LogP contribution in [0.4, 0.5) is 0 Å². The maximum Gasteiger partial charge on any atom is 0.119 e. The molecule has 2 rings (SSSR count). The van der Waals surface area contributed by atoms with Crippen LogP contribution in [-0.2, 0) is 19.9 Å². The van der Waals surface area contributed by atoms with Crippen molar-refractivity contribution in [2.24, 2.45) is 12.8 Å². The topological polar surface area (TPSA) is 53.1 Å². The molecule has 1 aromatic heterocycles. The highest BCUT2D eigenvalue weighted by Gasteiger charge is 2.01. The SMILES string of the molecule is CC(N)CCc1ccc(OCCc2nccn2C)cc1. The van der Waals surface area contributed by atoms with Gasteiger partial charge in [-0.1, -0.05) is 12.1 Å². The van der Waals surface area contributed by atoms with Crippen molar-refractivity contribution in [3.05, 3.63) is 48.0 Å². The molecular weight excluding hydrogens is 250 g/mol. The number of aryl methyl sites for hydroxylation is 2. The normalized spacial score (nSPS) is 12.3. The van der Waals surface area contributed by atoms with Gasteiger partial charge in [0.25, 0.3) is 0 Å². The highest BCUT2D eigenvalue weighted by atomic mass is 16.5. The molecule has 0 saturated heterocycles. The van der Waals surface area contributed by atoms with E-state index in [2.05, 4.69) is 17.1 Å². The van der Waals surface area contributed by atoms with Crippen LogP contribution in [0.5, 0.6) is 5.75 Å². The fourth-order valence-electron chi connectivity index (χ4n) is 2.04. The number of benzene rings is 1. The largest absolute Gasteiger partial charge is 0.493 e. The van der Waals surface area contributed by atoms with Crippen LogP contribution in [0.3, 0.4) is 0 Å². The average molecular weight is 273 g/mol. The van der Waals surface area contributed by atoms with E-state index in [1.54, 1.807) is 0 Å². The highest BCUT2D eigenvalue weighted by molar-refractivity contribution is 5.27. The number of nitrogens with zero attached hydrogens (tertiary/aromatic N) is 2. The van der Waals surface area contributed by atoms with Crippen LogP contribution in [0, 0.1) is 0 Å². The molecule has 4 heteroatoms. The van der Waals surface area contributed by atoms with E-state index >= 15 is 0 Å². The minimum absolute atomic E-state index is 0.253. The molecule has 1 unspecified atom stereocenters. The molecule has 0 radical (unpaired) electrons.